The Hall–Kier alpha value is -1.22. The molecule has 0 unspecified atom stereocenters. The molecule has 0 saturated carbocycles. The predicted molar refractivity (Wildman–Crippen MR) is 57.6 cm³/mol. The van der Waals surface area contributed by atoms with E-state index in [2.05, 4.69) is 37.1 Å². The summed E-state index contributed by atoms with van der Waals surface area (Å²) in [6, 6.07) is 8.81. The van der Waals surface area contributed by atoms with E-state index in [9.17, 15) is 0 Å². The van der Waals surface area contributed by atoms with Crippen LogP contribution in [0.25, 0.3) is 0 Å². The Kier molecular flexibility index (Phi) is 4.12. The first-order valence-electron chi connectivity index (χ1n) is 4.88. The molecule has 0 amide bonds. The highest BCUT2D eigenvalue weighted by atomic mass is 14.0. The summed E-state index contributed by atoms with van der Waals surface area (Å²) >= 11 is 0. The van der Waals surface area contributed by atoms with Crippen LogP contribution in [0.3, 0.4) is 0 Å². The van der Waals surface area contributed by atoms with Crippen LogP contribution < -0.4 is 0 Å². The van der Waals surface area contributed by atoms with Gasteiger partial charge in [0.1, 0.15) is 0 Å². The summed E-state index contributed by atoms with van der Waals surface area (Å²) < 4.78 is 0. The zero-order valence-electron chi connectivity index (χ0n) is 8.22. The summed E-state index contributed by atoms with van der Waals surface area (Å²) in [7, 11) is 0. The van der Waals surface area contributed by atoms with E-state index in [1.807, 2.05) is 0 Å². The molecule has 68 valence electrons. The molecule has 13 heavy (non-hydrogen) atoms. The quantitative estimate of drug-likeness (QED) is 0.483. The summed E-state index contributed by atoms with van der Waals surface area (Å²) in [5.74, 6) is 2.66. The molecule has 1 aromatic carbocycles. The van der Waals surface area contributed by atoms with E-state index in [0.717, 1.165) is 25.7 Å². The van der Waals surface area contributed by atoms with E-state index in [4.69, 9.17) is 6.42 Å². The van der Waals surface area contributed by atoms with Gasteiger partial charge in [-0.2, -0.15) is 0 Å². The molecule has 0 heteroatoms. The average Bonchev–Trinajstić information content (AvgIpc) is 2.19. The molecule has 0 spiro atoms. The highest BCUT2D eigenvalue weighted by molar-refractivity contribution is 5.22. The zero-order chi connectivity index (χ0) is 9.52. The molecule has 1 rings (SSSR count). The fourth-order valence-corrected chi connectivity index (χ4v) is 1.34. The third kappa shape index (κ3) is 3.34. The van der Waals surface area contributed by atoms with Gasteiger partial charge in [0.15, 0.2) is 0 Å². The molecule has 0 aliphatic carbocycles. The maximum absolute atomic E-state index is 5.19. The molecule has 0 aliphatic rings. The first-order valence-corrected chi connectivity index (χ1v) is 4.88. The van der Waals surface area contributed by atoms with Crippen LogP contribution in [0.15, 0.2) is 24.3 Å². The molecule has 0 nitrogen and oxygen atoms in total. The van der Waals surface area contributed by atoms with Gasteiger partial charge in [0.05, 0.1) is 0 Å². The summed E-state index contributed by atoms with van der Waals surface area (Å²) in [5.41, 5.74) is 2.80. The fourth-order valence-electron chi connectivity index (χ4n) is 1.34. The SMILES string of the molecule is C#CCCCc1ccc(CC)cc1. The first kappa shape index (κ1) is 9.86. The molecule has 0 atom stereocenters. The highest BCUT2D eigenvalue weighted by Gasteiger charge is 1.92. The van der Waals surface area contributed by atoms with Crippen LogP contribution in [-0.4, -0.2) is 0 Å². The molecule has 0 heterocycles. The second-order valence-electron chi connectivity index (χ2n) is 3.23. The highest BCUT2D eigenvalue weighted by Crippen LogP contribution is 2.07. The topological polar surface area (TPSA) is 0 Å². The molecule has 0 aromatic heterocycles. The van der Waals surface area contributed by atoms with Crippen molar-refractivity contribution in [1.82, 2.24) is 0 Å². The van der Waals surface area contributed by atoms with Gasteiger partial charge in [-0.05, 0) is 30.4 Å². The van der Waals surface area contributed by atoms with Gasteiger partial charge in [-0.15, -0.1) is 12.3 Å². The van der Waals surface area contributed by atoms with Crippen LogP contribution >= 0.6 is 0 Å². The van der Waals surface area contributed by atoms with E-state index in [1.54, 1.807) is 0 Å². The minimum Gasteiger partial charge on any atom is -0.120 e. The molecular formula is C13H16. The van der Waals surface area contributed by atoms with Crippen LogP contribution in [0.2, 0.25) is 0 Å². The summed E-state index contributed by atoms with van der Waals surface area (Å²) in [5, 5.41) is 0. The molecule has 0 fully saturated rings. The van der Waals surface area contributed by atoms with Gasteiger partial charge in [-0.1, -0.05) is 31.2 Å². The summed E-state index contributed by atoms with van der Waals surface area (Å²) in [6.45, 7) is 2.17. The van der Waals surface area contributed by atoms with Gasteiger partial charge in [-0.3, -0.25) is 0 Å². The predicted octanol–water partition coefficient (Wildman–Crippen LogP) is 3.20. The normalized spacial score (nSPS) is 9.54. The Morgan fingerprint density at radius 2 is 1.77 bits per heavy atom. The van der Waals surface area contributed by atoms with E-state index >= 15 is 0 Å². The van der Waals surface area contributed by atoms with E-state index in [0.29, 0.717) is 0 Å². The van der Waals surface area contributed by atoms with Crippen molar-refractivity contribution in [2.45, 2.75) is 32.6 Å². The lowest BCUT2D eigenvalue weighted by Crippen LogP contribution is -1.86. The van der Waals surface area contributed by atoms with Gasteiger partial charge >= 0.3 is 0 Å². The average molecular weight is 172 g/mol. The monoisotopic (exact) mass is 172 g/mol. The van der Waals surface area contributed by atoms with Crippen molar-refractivity contribution in [3.63, 3.8) is 0 Å². The van der Waals surface area contributed by atoms with E-state index in [-0.39, 0.29) is 0 Å². The maximum Gasteiger partial charge on any atom is 0.00892 e. The van der Waals surface area contributed by atoms with Gasteiger partial charge < -0.3 is 0 Å². The number of hydrogen-bond donors (Lipinski definition) is 0. The fraction of sp³-hybridized carbons (Fsp3) is 0.385. The van der Waals surface area contributed by atoms with Gasteiger partial charge in [0.25, 0.3) is 0 Å². The van der Waals surface area contributed by atoms with Crippen LogP contribution in [0.1, 0.15) is 30.9 Å². The lowest BCUT2D eigenvalue weighted by molar-refractivity contribution is 0.857. The third-order valence-corrected chi connectivity index (χ3v) is 2.22. The lowest BCUT2D eigenvalue weighted by Gasteiger charge is -2.00. The lowest BCUT2D eigenvalue weighted by atomic mass is 10.1. The van der Waals surface area contributed by atoms with Crippen LogP contribution in [-0.2, 0) is 12.8 Å². The Morgan fingerprint density at radius 1 is 1.15 bits per heavy atom. The Bertz CT molecular complexity index is 274. The molecule has 0 saturated heterocycles. The van der Waals surface area contributed by atoms with Crippen molar-refractivity contribution < 1.29 is 0 Å². The van der Waals surface area contributed by atoms with Crippen LogP contribution in [0.5, 0.6) is 0 Å². The van der Waals surface area contributed by atoms with Crippen molar-refractivity contribution in [2.75, 3.05) is 0 Å². The smallest absolute Gasteiger partial charge is 0.00892 e. The van der Waals surface area contributed by atoms with E-state index in [1.165, 1.54) is 11.1 Å². The molecule has 1 aromatic rings. The number of benzene rings is 1. The number of aryl methyl sites for hydroxylation is 2. The maximum atomic E-state index is 5.19. The molecule has 0 N–H and O–H groups in total. The Balaban J connectivity index is 2.45. The van der Waals surface area contributed by atoms with Crippen molar-refractivity contribution in [2.24, 2.45) is 0 Å². The molecule has 0 bridgehead atoms. The number of unbranched alkanes of at least 4 members (excludes halogenated alkanes) is 1. The van der Waals surface area contributed by atoms with Gasteiger partial charge in [0, 0.05) is 6.42 Å². The Labute approximate surface area is 81.0 Å². The van der Waals surface area contributed by atoms with Crippen molar-refractivity contribution in [3.8, 4) is 12.3 Å². The standard InChI is InChI=1S/C13H16/c1-3-5-6-7-13-10-8-12(4-2)9-11-13/h1,8-11H,4-7H2,2H3. The zero-order valence-corrected chi connectivity index (χ0v) is 8.22. The van der Waals surface area contributed by atoms with Gasteiger partial charge in [0.2, 0.25) is 0 Å². The summed E-state index contributed by atoms with van der Waals surface area (Å²) in [6.07, 6.45) is 9.39. The minimum atomic E-state index is 0.884. The van der Waals surface area contributed by atoms with Crippen LogP contribution in [0.4, 0.5) is 0 Å². The second kappa shape index (κ2) is 5.43. The number of rotatable bonds is 4. The van der Waals surface area contributed by atoms with Crippen LogP contribution in [0, 0.1) is 12.3 Å². The van der Waals surface area contributed by atoms with Crippen molar-refractivity contribution in [1.29, 1.82) is 0 Å². The van der Waals surface area contributed by atoms with Crippen molar-refractivity contribution >= 4 is 0 Å². The third-order valence-electron chi connectivity index (χ3n) is 2.22. The minimum absolute atomic E-state index is 0.884. The number of terminal acetylenes is 1. The molecule has 0 radical (unpaired) electrons. The first-order chi connectivity index (χ1) is 6.36. The number of hydrogen-bond acceptors (Lipinski definition) is 0. The molecule has 0 aliphatic heterocycles. The molecular weight excluding hydrogens is 156 g/mol. The van der Waals surface area contributed by atoms with Crippen molar-refractivity contribution in [3.05, 3.63) is 35.4 Å². The van der Waals surface area contributed by atoms with E-state index < -0.39 is 0 Å². The Morgan fingerprint density at radius 3 is 2.31 bits per heavy atom. The summed E-state index contributed by atoms with van der Waals surface area (Å²) in [4.78, 5) is 0. The largest absolute Gasteiger partial charge is 0.120 e. The van der Waals surface area contributed by atoms with Gasteiger partial charge in [-0.25, -0.2) is 0 Å². The second-order valence-corrected chi connectivity index (χ2v) is 3.23.